The van der Waals surface area contributed by atoms with E-state index in [4.69, 9.17) is 0 Å². The molecule has 0 unspecified atom stereocenters. The fourth-order valence-corrected chi connectivity index (χ4v) is 3.99. The maximum absolute atomic E-state index is 12.4. The number of pyridine rings is 1. The molecule has 1 amide bonds. The zero-order valence-corrected chi connectivity index (χ0v) is 18.1. The van der Waals surface area contributed by atoms with E-state index in [0.717, 1.165) is 45.4 Å². The lowest BCUT2D eigenvalue weighted by molar-refractivity contribution is -0.131. The van der Waals surface area contributed by atoms with E-state index >= 15 is 0 Å². The number of nitrogens with one attached hydrogen (secondary N) is 2. The van der Waals surface area contributed by atoms with E-state index in [1.54, 1.807) is 12.4 Å². The summed E-state index contributed by atoms with van der Waals surface area (Å²) in [4.78, 5) is 23.6. The van der Waals surface area contributed by atoms with Gasteiger partial charge in [0.05, 0.1) is 17.8 Å². The van der Waals surface area contributed by atoms with Crippen molar-refractivity contribution in [2.75, 3.05) is 39.0 Å². The Morgan fingerprint density at radius 2 is 2.16 bits per heavy atom. The molecule has 4 rings (SSSR count). The van der Waals surface area contributed by atoms with Crippen LogP contribution in [0.5, 0.6) is 0 Å². The molecule has 2 N–H and O–H groups in total. The Balaban J connectivity index is 1.66. The summed E-state index contributed by atoms with van der Waals surface area (Å²) in [7, 11) is 3.79. The molecule has 0 bridgehead atoms. The van der Waals surface area contributed by atoms with Crippen molar-refractivity contribution < 1.29 is 4.79 Å². The Kier molecular flexibility index (Phi) is 5.74. The summed E-state index contributed by atoms with van der Waals surface area (Å²) in [5.74, 6) is 0.123. The third-order valence-corrected chi connectivity index (χ3v) is 5.69. The summed E-state index contributed by atoms with van der Waals surface area (Å²) in [5.41, 5.74) is 6.41. The Bertz CT molecular complexity index is 1200. The third kappa shape index (κ3) is 4.16. The molecule has 3 heterocycles. The zero-order chi connectivity index (χ0) is 22.0. The molecule has 7 nitrogen and oxygen atoms in total. The van der Waals surface area contributed by atoms with Crippen LogP contribution in [0, 0.1) is 18.3 Å². The quantitative estimate of drug-likeness (QED) is 0.665. The molecule has 0 radical (unpaired) electrons. The molecule has 0 fully saturated rings. The maximum atomic E-state index is 12.4. The van der Waals surface area contributed by atoms with Crippen molar-refractivity contribution in [1.82, 2.24) is 19.8 Å². The van der Waals surface area contributed by atoms with E-state index in [9.17, 15) is 10.1 Å². The van der Waals surface area contributed by atoms with Gasteiger partial charge in [-0.1, -0.05) is 6.08 Å². The molecule has 1 aliphatic rings. The maximum Gasteiger partial charge on any atom is 0.237 e. The highest BCUT2D eigenvalue weighted by atomic mass is 16.2. The number of H-pyrrole nitrogens is 1. The summed E-state index contributed by atoms with van der Waals surface area (Å²) < 4.78 is 0. The molecule has 3 aromatic rings. The molecule has 0 spiro atoms. The van der Waals surface area contributed by atoms with Crippen molar-refractivity contribution >= 4 is 33.8 Å². The number of hydrogen-bond donors (Lipinski definition) is 2. The molecule has 2 aromatic heterocycles. The minimum absolute atomic E-state index is 0.123. The number of aryl methyl sites for hydroxylation is 1. The van der Waals surface area contributed by atoms with Crippen LogP contribution in [0.2, 0.25) is 0 Å². The first-order valence-corrected chi connectivity index (χ1v) is 10.3. The van der Waals surface area contributed by atoms with Gasteiger partial charge in [0.2, 0.25) is 5.91 Å². The fraction of sp³-hybridized carbons (Fsp3) is 0.292. The van der Waals surface area contributed by atoms with Gasteiger partial charge in [-0.2, -0.15) is 5.26 Å². The Morgan fingerprint density at radius 3 is 2.87 bits per heavy atom. The smallest absolute Gasteiger partial charge is 0.237 e. The second kappa shape index (κ2) is 8.62. The number of aromatic amines is 1. The van der Waals surface area contributed by atoms with Crippen LogP contribution in [0.15, 0.2) is 42.9 Å². The van der Waals surface area contributed by atoms with Crippen molar-refractivity contribution in [3.8, 4) is 6.07 Å². The molecule has 0 aliphatic carbocycles. The summed E-state index contributed by atoms with van der Waals surface area (Å²) in [6.07, 6.45) is 8.11. The third-order valence-electron chi connectivity index (χ3n) is 5.69. The fourth-order valence-electron chi connectivity index (χ4n) is 3.99. The molecule has 31 heavy (non-hydrogen) atoms. The van der Waals surface area contributed by atoms with Gasteiger partial charge in [-0.3, -0.25) is 9.78 Å². The molecule has 1 aliphatic heterocycles. The first-order valence-electron chi connectivity index (χ1n) is 10.3. The first-order chi connectivity index (χ1) is 15.0. The minimum Gasteiger partial charge on any atom is -0.361 e. The van der Waals surface area contributed by atoms with Gasteiger partial charge >= 0.3 is 0 Å². The molecular formula is C24H26N6O. The molecule has 0 saturated heterocycles. The van der Waals surface area contributed by atoms with Crippen molar-refractivity contribution in [1.29, 1.82) is 5.26 Å². The number of nitrogens with zero attached hydrogens (tertiary/aromatic N) is 4. The SMILES string of the molecule is Cc1c(Nc2c(C#N)cncc2C2=CCN(C(=O)CN(C)C)CC2)ccc2[nH]ccc12. The van der Waals surface area contributed by atoms with Gasteiger partial charge in [0.25, 0.3) is 0 Å². The molecule has 158 valence electrons. The molecule has 7 heteroatoms. The number of rotatable bonds is 5. The van der Waals surface area contributed by atoms with Gasteiger partial charge in [-0.05, 0) is 56.8 Å². The topological polar surface area (TPSA) is 88.1 Å². The van der Waals surface area contributed by atoms with Gasteiger partial charge in [-0.15, -0.1) is 0 Å². The number of fused-ring (bicyclic) bond motifs is 1. The highest BCUT2D eigenvalue weighted by Crippen LogP contribution is 2.34. The van der Waals surface area contributed by atoms with Gasteiger partial charge in [0.15, 0.2) is 0 Å². The number of nitriles is 1. The molecule has 0 saturated carbocycles. The van der Waals surface area contributed by atoms with Crippen LogP contribution < -0.4 is 5.32 Å². The van der Waals surface area contributed by atoms with E-state index in [2.05, 4.69) is 40.4 Å². The number of carbonyl (C=O) groups excluding carboxylic acids is 1. The van der Waals surface area contributed by atoms with Crippen LogP contribution in [0.3, 0.4) is 0 Å². The number of benzene rings is 1. The second-order valence-corrected chi connectivity index (χ2v) is 8.08. The number of carbonyl (C=O) groups is 1. The van der Waals surface area contributed by atoms with Crippen molar-refractivity contribution in [2.24, 2.45) is 0 Å². The van der Waals surface area contributed by atoms with Gasteiger partial charge < -0.3 is 20.1 Å². The average Bonchev–Trinajstić information content (AvgIpc) is 3.25. The van der Waals surface area contributed by atoms with Gasteiger partial charge in [0, 0.05) is 53.8 Å². The Hall–Kier alpha value is -3.63. The van der Waals surface area contributed by atoms with E-state index in [-0.39, 0.29) is 5.91 Å². The monoisotopic (exact) mass is 414 g/mol. The Morgan fingerprint density at radius 1 is 1.32 bits per heavy atom. The minimum atomic E-state index is 0.123. The van der Waals surface area contributed by atoms with E-state index in [0.29, 0.717) is 25.2 Å². The van der Waals surface area contributed by atoms with Crippen molar-refractivity contribution in [3.63, 3.8) is 0 Å². The van der Waals surface area contributed by atoms with Crippen LogP contribution in [0.1, 0.15) is 23.1 Å². The van der Waals surface area contributed by atoms with Crippen LogP contribution in [-0.2, 0) is 4.79 Å². The number of anilines is 2. The average molecular weight is 415 g/mol. The van der Waals surface area contributed by atoms with Crippen molar-refractivity contribution in [3.05, 3.63) is 59.6 Å². The van der Waals surface area contributed by atoms with Crippen LogP contribution in [-0.4, -0.2) is 59.4 Å². The summed E-state index contributed by atoms with van der Waals surface area (Å²) in [6, 6.07) is 8.38. The number of amides is 1. The standard InChI is InChI=1S/C24H26N6O/c1-16-19-6-9-27-22(19)5-4-21(16)28-24-18(12-25)13-26-14-20(24)17-7-10-30(11-8-17)23(31)15-29(2)3/h4-7,9,13-14,27H,8,10-11,15H2,1-3H3,(H,26,28). The molecular weight excluding hydrogens is 388 g/mol. The highest BCUT2D eigenvalue weighted by molar-refractivity contribution is 5.91. The largest absolute Gasteiger partial charge is 0.361 e. The Labute approximate surface area is 182 Å². The zero-order valence-electron chi connectivity index (χ0n) is 18.1. The van der Waals surface area contributed by atoms with Crippen LogP contribution >= 0.6 is 0 Å². The lowest BCUT2D eigenvalue weighted by Crippen LogP contribution is -2.40. The van der Waals surface area contributed by atoms with Crippen LogP contribution in [0.25, 0.3) is 16.5 Å². The number of likely N-dealkylation sites (N-methyl/N-ethyl adjacent to an activating group) is 1. The van der Waals surface area contributed by atoms with E-state index < -0.39 is 0 Å². The second-order valence-electron chi connectivity index (χ2n) is 8.08. The first kappa shape index (κ1) is 20.6. The highest BCUT2D eigenvalue weighted by Gasteiger charge is 2.21. The van der Waals surface area contributed by atoms with E-state index in [1.165, 1.54) is 0 Å². The summed E-state index contributed by atoms with van der Waals surface area (Å²) in [5, 5.41) is 14.4. The summed E-state index contributed by atoms with van der Waals surface area (Å²) in [6.45, 7) is 3.69. The predicted octanol–water partition coefficient (Wildman–Crippen LogP) is 3.66. The van der Waals surface area contributed by atoms with Crippen LogP contribution in [0.4, 0.5) is 11.4 Å². The predicted molar refractivity (Wildman–Crippen MR) is 123 cm³/mol. The van der Waals surface area contributed by atoms with Gasteiger partial charge in [-0.25, -0.2) is 0 Å². The van der Waals surface area contributed by atoms with E-state index in [1.807, 2.05) is 42.2 Å². The number of aromatic nitrogens is 2. The molecule has 0 atom stereocenters. The number of hydrogen-bond acceptors (Lipinski definition) is 5. The lowest BCUT2D eigenvalue weighted by Gasteiger charge is -2.28. The van der Waals surface area contributed by atoms with Crippen molar-refractivity contribution in [2.45, 2.75) is 13.3 Å². The lowest BCUT2D eigenvalue weighted by atomic mass is 9.97. The normalized spacial score (nSPS) is 13.9. The summed E-state index contributed by atoms with van der Waals surface area (Å²) >= 11 is 0. The van der Waals surface area contributed by atoms with Gasteiger partial charge in [0.1, 0.15) is 6.07 Å². The molecule has 1 aromatic carbocycles.